The van der Waals surface area contributed by atoms with E-state index in [1.165, 1.54) is 0 Å². The molecule has 2 rings (SSSR count). The van der Waals surface area contributed by atoms with Crippen LogP contribution in [0, 0.1) is 6.08 Å². The van der Waals surface area contributed by atoms with Gasteiger partial charge in [-0.25, -0.2) is 5.10 Å². The van der Waals surface area contributed by atoms with Gasteiger partial charge in [-0.15, -0.1) is 5.10 Å². The number of rotatable bonds is 1. The lowest BCUT2D eigenvalue weighted by Gasteiger charge is -1.89. The van der Waals surface area contributed by atoms with E-state index < -0.39 is 6.08 Å². The lowest BCUT2D eigenvalue weighted by Crippen LogP contribution is -1.83. The fraction of sp³-hybridized carbons (Fsp3) is 0. The van der Waals surface area contributed by atoms with Crippen LogP contribution >= 0.6 is 0 Å². The van der Waals surface area contributed by atoms with Crippen LogP contribution in [0.4, 0.5) is 4.39 Å². The smallest absolute Gasteiger partial charge is 0.253 e. The fourth-order valence-electron chi connectivity index (χ4n) is 0.852. The number of aromatic nitrogens is 4. The van der Waals surface area contributed by atoms with Crippen molar-refractivity contribution in [2.45, 2.75) is 0 Å². The van der Waals surface area contributed by atoms with E-state index in [1.54, 1.807) is 24.4 Å². The van der Waals surface area contributed by atoms with E-state index in [1.807, 2.05) is 0 Å². The van der Waals surface area contributed by atoms with Gasteiger partial charge in [-0.3, -0.25) is 4.98 Å². The van der Waals surface area contributed by atoms with Gasteiger partial charge >= 0.3 is 6.08 Å². The van der Waals surface area contributed by atoms with Crippen molar-refractivity contribution in [1.29, 1.82) is 0 Å². The molecule has 0 radical (unpaired) electrons. The molecule has 0 aliphatic heterocycles. The summed E-state index contributed by atoms with van der Waals surface area (Å²) in [5, 5.41) is 5.71. The minimum absolute atomic E-state index is 0.271. The first-order valence-corrected chi connectivity index (χ1v) is 3.35. The van der Waals surface area contributed by atoms with Gasteiger partial charge in [-0.2, -0.15) is 9.37 Å². The molecule has 0 aromatic carbocycles. The average Bonchev–Trinajstić information content (AvgIpc) is 2.54. The number of nitrogens with zero attached hydrogens (tertiary/aromatic N) is 3. The van der Waals surface area contributed by atoms with Gasteiger partial charge < -0.3 is 0 Å². The maximum atomic E-state index is 12.4. The van der Waals surface area contributed by atoms with Crippen molar-refractivity contribution in [2.75, 3.05) is 0 Å². The molecule has 2 aromatic rings. The largest absolute Gasteiger partial charge is 0.305 e. The highest BCUT2D eigenvalue weighted by atomic mass is 19.1. The molecule has 2 aromatic heterocycles. The molecule has 60 valence electrons. The molecule has 0 aliphatic rings. The average molecular weight is 164 g/mol. The van der Waals surface area contributed by atoms with E-state index in [4.69, 9.17) is 0 Å². The number of hydrogen-bond donors (Lipinski definition) is 1. The molecule has 2 heterocycles. The Labute approximate surface area is 67.5 Å². The Hall–Kier alpha value is -1.78. The second-order valence-corrected chi connectivity index (χ2v) is 2.16. The number of halogens is 1. The number of H-pyrrole nitrogens is 1. The molecule has 0 bridgehead atoms. The summed E-state index contributed by atoms with van der Waals surface area (Å²) >= 11 is 0. The molecule has 1 N–H and O–H groups in total. The lowest BCUT2D eigenvalue weighted by molar-refractivity contribution is 0.544. The highest BCUT2D eigenvalue weighted by Gasteiger charge is 2.04. The van der Waals surface area contributed by atoms with Crippen LogP contribution in [0.1, 0.15) is 0 Å². The molecular formula is C7H5FN4. The Morgan fingerprint density at radius 1 is 1.33 bits per heavy atom. The van der Waals surface area contributed by atoms with Crippen LogP contribution < -0.4 is 0 Å². The Bertz CT molecular complexity index is 370. The number of pyridine rings is 1. The van der Waals surface area contributed by atoms with Gasteiger partial charge in [0, 0.05) is 6.20 Å². The van der Waals surface area contributed by atoms with Crippen LogP contribution in [-0.4, -0.2) is 20.2 Å². The first kappa shape index (κ1) is 6.90. The highest BCUT2D eigenvalue weighted by Crippen LogP contribution is 2.08. The molecule has 0 unspecified atom stereocenters. The van der Waals surface area contributed by atoms with Gasteiger partial charge in [0.1, 0.15) is 5.69 Å². The summed E-state index contributed by atoms with van der Waals surface area (Å²) in [4.78, 5) is 7.44. The summed E-state index contributed by atoms with van der Waals surface area (Å²) in [6.45, 7) is 0. The fourth-order valence-corrected chi connectivity index (χ4v) is 0.852. The zero-order chi connectivity index (χ0) is 8.39. The van der Waals surface area contributed by atoms with E-state index in [-0.39, 0.29) is 5.82 Å². The monoisotopic (exact) mass is 164 g/mol. The predicted molar refractivity (Wildman–Crippen MR) is 39.6 cm³/mol. The van der Waals surface area contributed by atoms with E-state index in [0.717, 1.165) is 0 Å². The normalized spacial score (nSPS) is 10.1. The second kappa shape index (κ2) is 2.69. The van der Waals surface area contributed by atoms with Crippen molar-refractivity contribution in [3.05, 3.63) is 30.5 Å². The number of hydrogen-bond acceptors (Lipinski definition) is 3. The molecule has 0 saturated heterocycles. The zero-order valence-electron chi connectivity index (χ0n) is 6.03. The summed E-state index contributed by atoms with van der Waals surface area (Å²) in [6.07, 6.45) is 0.902. The summed E-state index contributed by atoms with van der Waals surface area (Å²) in [5.41, 5.74) is 0.553. The quantitative estimate of drug-likeness (QED) is 0.684. The van der Waals surface area contributed by atoms with Crippen molar-refractivity contribution in [3.63, 3.8) is 0 Å². The molecule has 0 amide bonds. The minimum Gasteiger partial charge on any atom is -0.253 e. The Morgan fingerprint density at radius 2 is 2.25 bits per heavy atom. The third kappa shape index (κ3) is 1.16. The van der Waals surface area contributed by atoms with Crippen LogP contribution in [0.5, 0.6) is 0 Å². The maximum absolute atomic E-state index is 12.4. The molecule has 12 heavy (non-hydrogen) atoms. The molecule has 4 nitrogen and oxygen atoms in total. The molecule has 0 atom stereocenters. The highest BCUT2D eigenvalue weighted by molar-refractivity contribution is 5.46. The molecule has 5 heteroatoms. The van der Waals surface area contributed by atoms with E-state index in [0.29, 0.717) is 5.69 Å². The van der Waals surface area contributed by atoms with Gasteiger partial charge in [0.2, 0.25) is 5.82 Å². The van der Waals surface area contributed by atoms with Crippen molar-refractivity contribution in [3.8, 4) is 11.5 Å². The Balaban J connectivity index is 2.45. The summed E-state index contributed by atoms with van der Waals surface area (Å²) in [6, 6.07) is 5.27. The maximum Gasteiger partial charge on any atom is 0.305 e. The van der Waals surface area contributed by atoms with Crippen LogP contribution in [0.25, 0.3) is 11.5 Å². The third-order valence-corrected chi connectivity index (χ3v) is 1.35. The summed E-state index contributed by atoms with van der Waals surface area (Å²) in [7, 11) is 0. The van der Waals surface area contributed by atoms with E-state index in [2.05, 4.69) is 20.2 Å². The predicted octanol–water partition coefficient (Wildman–Crippen LogP) is 1.01. The number of nitrogens with one attached hydrogen (secondary N) is 1. The standard InChI is InChI=1S/C7H5FN4/c8-7-10-6(11-12-7)5-3-1-2-4-9-5/h1-4H,(H,10,11,12). The van der Waals surface area contributed by atoms with E-state index >= 15 is 0 Å². The first-order chi connectivity index (χ1) is 5.86. The van der Waals surface area contributed by atoms with Crippen LogP contribution in [0.2, 0.25) is 0 Å². The second-order valence-electron chi connectivity index (χ2n) is 2.16. The Kier molecular flexibility index (Phi) is 1.55. The zero-order valence-corrected chi connectivity index (χ0v) is 6.03. The number of aromatic amines is 1. The van der Waals surface area contributed by atoms with E-state index in [9.17, 15) is 4.39 Å². The topological polar surface area (TPSA) is 54.5 Å². The third-order valence-electron chi connectivity index (χ3n) is 1.35. The lowest BCUT2D eigenvalue weighted by atomic mass is 10.3. The van der Waals surface area contributed by atoms with Gasteiger partial charge in [0.05, 0.1) is 0 Å². The molecule has 0 aliphatic carbocycles. The van der Waals surface area contributed by atoms with Gasteiger partial charge in [0.25, 0.3) is 0 Å². The van der Waals surface area contributed by atoms with Gasteiger partial charge in [0.15, 0.2) is 0 Å². The summed E-state index contributed by atoms with van der Waals surface area (Å²) < 4.78 is 12.4. The molecule has 0 saturated carbocycles. The van der Waals surface area contributed by atoms with Crippen LogP contribution in [-0.2, 0) is 0 Å². The van der Waals surface area contributed by atoms with Crippen molar-refractivity contribution < 1.29 is 4.39 Å². The molecule has 0 fully saturated rings. The van der Waals surface area contributed by atoms with Crippen molar-refractivity contribution in [1.82, 2.24) is 20.2 Å². The molecule has 0 spiro atoms. The Morgan fingerprint density at radius 3 is 2.83 bits per heavy atom. The van der Waals surface area contributed by atoms with Gasteiger partial charge in [-0.1, -0.05) is 6.07 Å². The summed E-state index contributed by atoms with van der Waals surface area (Å²) in [5.74, 6) is 0.271. The van der Waals surface area contributed by atoms with Crippen LogP contribution in [0.3, 0.4) is 0 Å². The SMILES string of the molecule is Fc1nc(-c2ccccn2)n[nH]1. The molecular weight excluding hydrogens is 159 g/mol. The van der Waals surface area contributed by atoms with Crippen molar-refractivity contribution in [2.24, 2.45) is 0 Å². The first-order valence-electron chi connectivity index (χ1n) is 3.35. The van der Waals surface area contributed by atoms with Crippen LogP contribution in [0.15, 0.2) is 24.4 Å². The van der Waals surface area contributed by atoms with Gasteiger partial charge in [-0.05, 0) is 12.1 Å². The van der Waals surface area contributed by atoms with Crippen molar-refractivity contribution >= 4 is 0 Å². The minimum atomic E-state index is -0.698.